The lowest BCUT2D eigenvalue weighted by atomic mass is 9.81. The molecule has 11 heteroatoms. The molecular weight excluding hydrogens is 319 g/mol. The van der Waals surface area contributed by atoms with Crippen molar-refractivity contribution in [2.24, 2.45) is 5.73 Å². The Hall–Kier alpha value is -1.00. The minimum atomic E-state index is -4.81. The molecule has 1 rings (SSSR count). The number of hydrogen-bond acceptors (Lipinski definition) is 7. The molecule has 0 unspecified atom stereocenters. The van der Waals surface area contributed by atoms with Crippen molar-refractivity contribution in [1.29, 1.82) is 0 Å². The zero-order valence-corrected chi connectivity index (χ0v) is 13.0. The number of nitrogens with one attached hydrogen (secondary N) is 1. The van der Waals surface area contributed by atoms with E-state index in [4.69, 9.17) is 15.6 Å². The molecule has 128 valence electrons. The summed E-state index contributed by atoms with van der Waals surface area (Å²) in [5.74, 6) is -0.519. The molecule has 0 aromatic heterocycles. The van der Waals surface area contributed by atoms with E-state index in [1.807, 2.05) is 0 Å². The maximum atomic E-state index is 11.4. The minimum Gasteiger partial charge on any atom is -0.475 e. The lowest BCUT2D eigenvalue weighted by Gasteiger charge is -2.47. The number of aliphatic hydroxyl groups is 3. The number of nitrogens with two attached hydrogens (primary N) is 1. The van der Waals surface area contributed by atoms with Crippen LogP contribution in [0.1, 0.15) is 13.8 Å². The molecule has 0 aliphatic carbocycles. The Kier molecular flexibility index (Phi) is 5.74. The SMILES string of the molecule is CC(=O)N[C@@H]1[C@@H](N)C=C(P(=O)(O)O)O[C@@]1(C)[C@H](O)[C@H](O)CO. The van der Waals surface area contributed by atoms with Crippen LogP contribution in [0.4, 0.5) is 0 Å². The second kappa shape index (κ2) is 6.63. The van der Waals surface area contributed by atoms with Gasteiger partial charge in [-0.05, 0) is 13.0 Å². The van der Waals surface area contributed by atoms with Crippen molar-refractivity contribution in [2.45, 2.75) is 43.7 Å². The van der Waals surface area contributed by atoms with Crippen LogP contribution in [0, 0.1) is 0 Å². The van der Waals surface area contributed by atoms with Gasteiger partial charge in [0.1, 0.15) is 12.2 Å². The number of aliphatic hydroxyl groups excluding tert-OH is 3. The zero-order valence-electron chi connectivity index (χ0n) is 12.1. The molecule has 0 saturated carbocycles. The Morgan fingerprint density at radius 1 is 1.55 bits per heavy atom. The van der Waals surface area contributed by atoms with E-state index >= 15 is 0 Å². The number of ether oxygens (including phenoxy) is 1. The second-order valence-electron chi connectivity index (χ2n) is 5.29. The summed E-state index contributed by atoms with van der Waals surface area (Å²) in [6, 6.07) is -2.18. The molecule has 0 aromatic carbocycles. The normalized spacial score (nSPS) is 31.7. The standard InChI is InChI=1S/C11H21N2O8P/c1-5(15)13-9-6(12)3-8(22(18,19)20)21-11(9,2)10(17)7(16)4-14/h3,6-7,9-10,14,16-17H,4,12H2,1-2H3,(H,13,15)(H2,18,19,20)/t6-,7+,9+,10+,11+/m0/s1. The van der Waals surface area contributed by atoms with E-state index in [2.05, 4.69) is 5.32 Å². The summed E-state index contributed by atoms with van der Waals surface area (Å²) in [4.78, 5) is 29.7. The topological polar surface area (TPSA) is 183 Å². The molecule has 5 atom stereocenters. The quantitative estimate of drug-likeness (QED) is 0.263. The van der Waals surface area contributed by atoms with Crippen LogP contribution in [-0.4, -0.2) is 67.5 Å². The van der Waals surface area contributed by atoms with Gasteiger partial charge in [0.15, 0.2) is 5.60 Å². The molecule has 0 aromatic rings. The van der Waals surface area contributed by atoms with Crippen molar-refractivity contribution >= 4 is 13.5 Å². The predicted molar refractivity (Wildman–Crippen MR) is 74.3 cm³/mol. The fourth-order valence-electron chi connectivity index (χ4n) is 2.31. The Balaban J connectivity index is 3.31. The van der Waals surface area contributed by atoms with Gasteiger partial charge in [0.05, 0.1) is 18.7 Å². The van der Waals surface area contributed by atoms with Crippen LogP contribution in [0.15, 0.2) is 11.6 Å². The summed E-state index contributed by atoms with van der Waals surface area (Å²) >= 11 is 0. The van der Waals surface area contributed by atoms with Gasteiger partial charge in [0.2, 0.25) is 11.4 Å². The predicted octanol–water partition coefficient (Wildman–Crippen LogP) is -2.66. The van der Waals surface area contributed by atoms with Gasteiger partial charge in [0.25, 0.3) is 0 Å². The second-order valence-corrected chi connectivity index (χ2v) is 6.81. The van der Waals surface area contributed by atoms with Gasteiger partial charge >= 0.3 is 7.60 Å². The molecule has 8 N–H and O–H groups in total. The summed E-state index contributed by atoms with van der Waals surface area (Å²) in [7, 11) is -4.81. The van der Waals surface area contributed by atoms with Crippen molar-refractivity contribution in [1.82, 2.24) is 5.32 Å². The monoisotopic (exact) mass is 340 g/mol. The van der Waals surface area contributed by atoms with Crippen molar-refractivity contribution < 1.29 is 39.2 Å². The van der Waals surface area contributed by atoms with Gasteiger partial charge in [-0.25, -0.2) is 0 Å². The summed E-state index contributed by atoms with van der Waals surface area (Å²) < 4.78 is 16.6. The molecule has 0 bridgehead atoms. The zero-order chi connectivity index (χ0) is 17.3. The van der Waals surface area contributed by atoms with E-state index in [-0.39, 0.29) is 0 Å². The molecule has 1 amide bonds. The third-order valence-electron chi connectivity index (χ3n) is 3.45. The van der Waals surface area contributed by atoms with Crippen LogP contribution in [0.3, 0.4) is 0 Å². The first-order valence-corrected chi connectivity index (χ1v) is 8.01. The van der Waals surface area contributed by atoms with Gasteiger partial charge in [-0.2, -0.15) is 0 Å². The minimum absolute atomic E-state index is 0.519. The van der Waals surface area contributed by atoms with E-state index in [1.54, 1.807) is 0 Å². The van der Waals surface area contributed by atoms with Gasteiger partial charge in [0, 0.05) is 6.92 Å². The molecule has 1 aliphatic rings. The van der Waals surface area contributed by atoms with Crippen molar-refractivity contribution in [3.63, 3.8) is 0 Å². The molecule has 0 spiro atoms. The summed E-state index contributed by atoms with van der Waals surface area (Å²) in [6.07, 6.45) is -2.48. The Morgan fingerprint density at radius 2 is 2.09 bits per heavy atom. The number of amides is 1. The largest absolute Gasteiger partial charge is 0.475 e. The number of hydrogen-bond donors (Lipinski definition) is 7. The molecule has 10 nitrogen and oxygen atoms in total. The Morgan fingerprint density at radius 3 is 2.50 bits per heavy atom. The fourth-order valence-corrected chi connectivity index (χ4v) is 2.99. The first-order chi connectivity index (χ1) is 9.93. The maximum absolute atomic E-state index is 11.4. The van der Waals surface area contributed by atoms with Gasteiger partial charge in [-0.1, -0.05) is 0 Å². The van der Waals surface area contributed by atoms with E-state index in [9.17, 15) is 29.4 Å². The number of rotatable bonds is 5. The third-order valence-corrected chi connectivity index (χ3v) is 4.26. The van der Waals surface area contributed by atoms with Crippen molar-refractivity contribution in [3.05, 3.63) is 11.6 Å². The smallest absolute Gasteiger partial charge is 0.390 e. The molecule has 0 saturated heterocycles. The summed E-state index contributed by atoms with van der Waals surface area (Å²) in [5, 5.41) is 31.2. The summed E-state index contributed by atoms with van der Waals surface area (Å²) in [5.41, 5.74) is 3.17. The first kappa shape index (κ1) is 19.0. The summed E-state index contributed by atoms with van der Waals surface area (Å²) in [6.45, 7) is 1.58. The average molecular weight is 340 g/mol. The molecular formula is C11H21N2O8P. The average Bonchev–Trinajstić information content (AvgIpc) is 2.39. The highest BCUT2D eigenvalue weighted by Gasteiger charge is 2.53. The van der Waals surface area contributed by atoms with Gasteiger partial charge in [-0.15, -0.1) is 0 Å². The molecule has 1 aliphatic heterocycles. The van der Waals surface area contributed by atoms with E-state index in [0.29, 0.717) is 0 Å². The van der Waals surface area contributed by atoms with E-state index in [1.165, 1.54) is 13.8 Å². The van der Waals surface area contributed by atoms with Crippen LogP contribution in [0.2, 0.25) is 0 Å². The van der Waals surface area contributed by atoms with E-state index in [0.717, 1.165) is 6.08 Å². The Labute approximate surface area is 126 Å². The highest BCUT2D eigenvalue weighted by molar-refractivity contribution is 7.56. The molecule has 1 heterocycles. The van der Waals surface area contributed by atoms with Gasteiger partial charge < -0.3 is 40.9 Å². The Bertz CT molecular complexity index is 506. The van der Waals surface area contributed by atoms with Crippen LogP contribution < -0.4 is 11.1 Å². The van der Waals surface area contributed by atoms with Crippen LogP contribution in [0.25, 0.3) is 0 Å². The molecule has 0 fully saturated rings. The van der Waals surface area contributed by atoms with Crippen LogP contribution in [-0.2, 0) is 14.1 Å². The van der Waals surface area contributed by atoms with Crippen LogP contribution in [0.5, 0.6) is 0 Å². The van der Waals surface area contributed by atoms with Crippen molar-refractivity contribution in [2.75, 3.05) is 6.61 Å². The van der Waals surface area contributed by atoms with E-state index < -0.39 is 55.5 Å². The highest BCUT2D eigenvalue weighted by atomic mass is 31.2. The highest BCUT2D eigenvalue weighted by Crippen LogP contribution is 2.50. The fraction of sp³-hybridized carbons (Fsp3) is 0.727. The third kappa shape index (κ3) is 3.85. The van der Waals surface area contributed by atoms with Gasteiger partial charge in [-0.3, -0.25) is 9.36 Å². The molecule has 22 heavy (non-hydrogen) atoms. The first-order valence-electron chi connectivity index (χ1n) is 6.40. The maximum Gasteiger partial charge on any atom is 0.390 e. The van der Waals surface area contributed by atoms with Crippen molar-refractivity contribution in [3.8, 4) is 0 Å². The lowest BCUT2D eigenvalue weighted by Crippen LogP contribution is -2.68. The number of carbonyl (C=O) groups is 1. The number of carbonyl (C=O) groups excluding carboxylic acids is 1. The molecule has 0 radical (unpaired) electrons. The van der Waals surface area contributed by atoms with Crippen LogP contribution >= 0.6 is 7.60 Å². The lowest BCUT2D eigenvalue weighted by molar-refractivity contribution is -0.159.